The number of likely N-dealkylation sites (N-methyl/N-ethyl adjacent to an activating group) is 1. The summed E-state index contributed by atoms with van der Waals surface area (Å²) in [4.78, 5) is 6.64. The van der Waals surface area contributed by atoms with Crippen LogP contribution < -0.4 is 0 Å². The lowest BCUT2D eigenvalue weighted by atomic mass is 9.87. The SMILES string of the molecule is CN(C)CCc1nccc2c1CC2. The van der Waals surface area contributed by atoms with Crippen LogP contribution in [0.5, 0.6) is 0 Å². The third kappa shape index (κ3) is 1.73. The Bertz CT molecular complexity index is 305. The highest BCUT2D eigenvalue weighted by Crippen LogP contribution is 2.24. The molecule has 0 saturated heterocycles. The second kappa shape index (κ2) is 3.46. The summed E-state index contributed by atoms with van der Waals surface area (Å²) < 4.78 is 0. The first-order chi connectivity index (χ1) is 6.27. The van der Waals surface area contributed by atoms with Crippen LogP contribution in [0.3, 0.4) is 0 Å². The Balaban J connectivity index is 2.08. The predicted octanol–water partition coefficient (Wildman–Crippen LogP) is 1.28. The Morgan fingerprint density at radius 1 is 1.38 bits per heavy atom. The molecule has 0 atom stereocenters. The molecule has 0 amide bonds. The second-order valence-corrected chi connectivity index (χ2v) is 3.95. The summed E-state index contributed by atoms with van der Waals surface area (Å²) in [7, 11) is 4.21. The van der Waals surface area contributed by atoms with Gasteiger partial charge in [0.25, 0.3) is 0 Å². The first-order valence-electron chi connectivity index (χ1n) is 4.88. The smallest absolute Gasteiger partial charge is 0.0451 e. The van der Waals surface area contributed by atoms with Crippen LogP contribution in [-0.2, 0) is 19.3 Å². The monoisotopic (exact) mass is 176 g/mol. The molecular weight excluding hydrogens is 160 g/mol. The van der Waals surface area contributed by atoms with E-state index in [9.17, 15) is 0 Å². The quantitative estimate of drug-likeness (QED) is 0.689. The molecule has 1 aromatic rings. The Labute approximate surface area is 79.6 Å². The van der Waals surface area contributed by atoms with E-state index in [1.807, 2.05) is 6.20 Å². The van der Waals surface area contributed by atoms with E-state index < -0.39 is 0 Å². The van der Waals surface area contributed by atoms with Crippen LogP contribution in [0, 0.1) is 0 Å². The van der Waals surface area contributed by atoms with E-state index in [0.717, 1.165) is 13.0 Å². The molecule has 0 bridgehead atoms. The fourth-order valence-electron chi connectivity index (χ4n) is 1.75. The molecule has 13 heavy (non-hydrogen) atoms. The average molecular weight is 176 g/mol. The van der Waals surface area contributed by atoms with Crippen molar-refractivity contribution in [2.45, 2.75) is 19.3 Å². The fraction of sp³-hybridized carbons (Fsp3) is 0.545. The van der Waals surface area contributed by atoms with Crippen LogP contribution in [-0.4, -0.2) is 30.5 Å². The molecule has 1 heterocycles. The molecule has 2 rings (SSSR count). The molecule has 0 aliphatic heterocycles. The molecule has 0 N–H and O–H groups in total. The van der Waals surface area contributed by atoms with Crippen molar-refractivity contribution in [3.63, 3.8) is 0 Å². The second-order valence-electron chi connectivity index (χ2n) is 3.95. The molecule has 1 aliphatic carbocycles. The van der Waals surface area contributed by atoms with E-state index in [2.05, 4.69) is 30.0 Å². The minimum atomic E-state index is 1.09. The lowest BCUT2D eigenvalue weighted by Gasteiger charge is -2.22. The Morgan fingerprint density at radius 2 is 2.23 bits per heavy atom. The van der Waals surface area contributed by atoms with Gasteiger partial charge in [-0.15, -0.1) is 0 Å². The molecule has 0 fully saturated rings. The Kier molecular flexibility index (Phi) is 2.32. The van der Waals surface area contributed by atoms with Crippen molar-refractivity contribution in [1.82, 2.24) is 9.88 Å². The highest BCUT2D eigenvalue weighted by atomic mass is 15.0. The zero-order valence-corrected chi connectivity index (χ0v) is 8.38. The van der Waals surface area contributed by atoms with Crippen molar-refractivity contribution in [3.05, 3.63) is 29.1 Å². The molecule has 2 heteroatoms. The number of rotatable bonds is 3. The van der Waals surface area contributed by atoms with E-state index in [0.29, 0.717) is 0 Å². The van der Waals surface area contributed by atoms with Crippen molar-refractivity contribution < 1.29 is 0 Å². The van der Waals surface area contributed by atoms with Crippen molar-refractivity contribution >= 4 is 0 Å². The zero-order chi connectivity index (χ0) is 9.26. The zero-order valence-electron chi connectivity index (χ0n) is 8.38. The standard InChI is InChI=1S/C11H16N2/c1-13(2)8-6-11-10-4-3-9(10)5-7-12-11/h5,7H,3-4,6,8H2,1-2H3. The molecule has 70 valence electrons. The van der Waals surface area contributed by atoms with Gasteiger partial charge >= 0.3 is 0 Å². The van der Waals surface area contributed by atoms with E-state index >= 15 is 0 Å². The molecule has 1 aliphatic rings. The maximum absolute atomic E-state index is 4.44. The van der Waals surface area contributed by atoms with Gasteiger partial charge < -0.3 is 4.90 Å². The maximum atomic E-state index is 4.44. The van der Waals surface area contributed by atoms with Gasteiger partial charge in [0.1, 0.15) is 0 Å². The molecule has 0 spiro atoms. The number of aryl methyl sites for hydroxylation is 1. The number of aromatic nitrogens is 1. The van der Waals surface area contributed by atoms with Gasteiger partial charge in [-0.2, -0.15) is 0 Å². The summed E-state index contributed by atoms with van der Waals surface area (Å²) in [5, 5.41) is 0. The van der Waals surface area contributed by atoms with Crippen molar-refractivity contribution in [2.75, 3.05) is 20.6 Å². The highest BCUT2D eigenvalue weighted by Gasteiger charge is 2.16. The van der Waals surface area contributed by atoms with Gasteiger partial charge in [0.15, 0.2) is 0 Å². The third-order valence-corrected chi connectivity index (χ3v) is 2.68. The Morgan fingerprint density at radius 3 is 2.85 bits per heavy atom. The normalized spacial score (nSPS) is 14.1. The number of nitrogens with zero attached hydrogens (tertiary/aromatic N) is 2. The number of hydrogen-bond acceptors (Lipinski definition) is 2. The van der Waals surface area contributed by atoms with Gasteiger partial charge in [0.2, 0.25) is 0 Å². The molecular formula is C11H16N2. The average Bonchev–Trinajstić information content (AvgIpc) is 2.03. The first-order valence-corrected chi connectivity index (χ1v) is 4.88. The van der Waals surface area contributed by atoms with E-state index in [1.165, 1.54) is 29.7 Å². The van der Waals surface area contributed by atoms with Gasteiger partial charge in [-0.25, -0.2) is 0 Å². The summed E-state index contributed by atoms with van der Waals surface area (Å²) in [5.41, 5.74) is 4.35. The van der Waals surface area contributed by atoms with Gasteiger partial charge in [0.05, 0.1) is 0 Å². The molecule has 0 unspecified atom stereocenters. The lowest BCUT2D eigenvalue weighted by Crippen LogP contribution is -2.19. The van der Waals surface area contributed by atoms with Crippen LogP contribution >= 0.6 is 0 Å². The van der Waals surface area contributed by atoms with Crippen molar-refractivity contribution in [1.29, 1.82) is 0 Å². The predicted molar refractivity (Wildman–Crippen MR) is 53.9 cm³/mol. The summed E-state index contributed by atoms with van der Waals surface area (Å²) in [6.07, 6.45) is 5.54. The molecule has 2 nitrogen and oxygen atoms in total. The largest absolute Gasteiger partial charge is 0.309 e. The van der Waals surface area contributed by atoms with E-state index in [-0.39, 0.29) is 0 Å². The van der Waals surface area contributed by atoms with Gasteiger partial charge in [-0.3, -0.25) is 4.98 Å². The molecule has 0 radical (unpaired) electrons. The van der Waals surface area contributed by atoms with Crippen LogP contribution in [0.1, 0.15) is 16.8 Å². The highest BCUT2D eigenvalue weighted by molar-refractivity contribution is 5.37. The summed E-state index contributed by atoms with van der Waals surface area (Å²) in [6, 6.07) is 2.15. The fourth-order valence-corrected chi connectivity index (χ4v) is 1.75. The van der Waals surface area contributed by atoms with Crippen LogP contribution in [0.2, 0.25) is 0 Å². The van der Waals surface area contributed by atoms with Gasteiger partial charge in [-0.1, -0.05) is 0 Å². The van der Waals surface area contributed by atoms with Gasteiger partial charge in [0, 0.05) is 24.9 Å². The number of fused-ring (bicyclic) bond motifs is 1. The van der Waals surface area contributed by atoms with Crippen LogP contribution in [0.15, 0.2) is 12.3 Å². The maximum Gasteiger partial charge on any atom is 0.0451 e. The van der Waals surface area contributed by atoms with Crippen molar-refractivity contribution in [3.8, 4) is 0 Å². The van der Waals surface area contributed by atoms with E-state index in [1.54, 1.807) is 0 Å². The van der Waals surface area contributed by atoms with Crippen LogP contribution in [0.25, 0.3) is 0 Å². The van der Waals surface area contributed by atoms with E-state index in [4.69, 9.17) is 0 Å². The first kappa shape index (κ1) is 8.70. The minimum Gasteiger partial charge on any atom is -0.309 e. The third-order valence-electron chi connectivity index (χ3n) is 2.68. The topological polar surface area (TPSA) is 16.1 Å². The summed E-state index contributed by atoms with van der Waals surface area (Å²) >= 11 is 0. The summed E-state index contributed by atoms with van der Waals surface area (Å²) in [5.74, 6) is 0. The number of hydrogen-bond donors (Lipinski definition) is 0. The van der Waals surface area contributed by atoms with Crippen molar-refractivity contribution in [2.24, 2.45) is 0 Å². The van der Waals surface area contributed by atoms with Crippen LogP contribution in [0.4, 0.5) is 0 Å². The lowest BCUT2D eigenvalue weighted by molar-refractivity contribution is 0.410. The van der Waals surface area contributed by atoms with Gasteiger partial charge in [-0.05, 0) is 44.1 Å². The molecule has 1 aromatic heterocycles. The Hall–Kier alpha value is -0.890. The molecule has 0 aromatic carbocycles. The molecule has 0 saturated carbocycles. The minimum absolute atomic E-state index is 1.09. The number of pyridine rings is 1. The summed E-state index contributed by atoms with van der Waals surface area (Å²) in [6.45, 7) is 1.10.